The van der Waals surface area contributed by atoms with Crippen molar-refractivity contribution in [2.75, 3.05) is 12.4 Å². The van der Waals surface area contributed by atoms with Gasteiger partial charge in [-0.1, -0.05) is 12.1 Å². The van der Waals surface area contributed by atoms with Gasteiger partial charge in [0.15, 0.2) is 10.7 Å². The van der Waals surface area contributed by atoms with Gasteiger partial charge in [0, 0.05) is 20.9 Å². The summed E-state index contributed by atoms with van der Waals surface area (Å²) in [5.41, 5.74) is 3.55. The van der Waals surface area contributed by atoms with Crippen LogP contribution in [0.15, 0.2) is 71.1 Å². The van der Waals surface area contributed by atoms with Crippen LogP contribution in [-0.4, -0.2) is 23.1 Å². The minimum Gasteiger partial charge on any atom is -0.497 e. The molecule has 0 aliphatic rings. The van der Waals surface area contributed by atoms with E-state index in [1.54, 1.807) is 13.2 Å². The van der Waals surface area contributed by atoms with E-state index in [1.165, 1.54) is 0 Å². The third-order valence-electron chi connectivity index (χ3n) is 4.33. The molecule has 3 aromatic carbocycles. The Morgan fingerprint density at radius 2 is 1.87 bits per heavy atom. The first kappa shape index (κ1) is 20.3. The maximum absolute atomic E-state index is 12.4. The van der Waals surface area contributed by atoms with Gasteiger partial charge < -0.3 is 14.5 Å². The highest BCUT2D eigenvalue weighted by molar-refractivity contribution is 14.1. The van der Waals surface area contributed by atoms with Crippen LogP contribution >= 0.6 is 34.8 Å². The maximum atomic E-state index is 12.4. The van der Waals surface area contributed by atoms with E-state index in [-0.39, 0.29) is 11.0 Å². The maximum Gasteiger partial charge on any atom is 0.258 e. The average molecular weight is 529 g/mol. The Kier molecular flexibility index (Phi) is 5.96. The lowest BCUT2D eigenvalue weighted by molar-refractivity contribution is 0.0977. The molecule has 0 fully saturated rings. The number of halogens is 1. The van der Waals surface area contributed by atoms with E-state index in [2.05, 4.69) is 38.2 Å². The molecule has 0 radical (unpaired) electrons. The van der Waals surface area contributed by atoms with Gasteiger partial charge in [0.25, 0.3) is 5.91 Å². The van der Waals surface area contributed by atoms with Crippen molar-refractivity contribution in [1.29, 1.82) is 0 Å². The molecule has 30 heavy (non-hydrogen) atoms. The van der Waals surface area contributed by atoms with Gasteiger partial charge in [-0.15, -0.1) is 0 Å². The first-order valence-electron chi connectivity index (χ1n) is 8.95. The molecular weight excluding hydrogens is 513 g/mol. The number of nitrogens with one attached hydrogen (secondary N) is 2. The van der Waals surface area contributed by atoms with Crippen molar-refractivity contribution in [2.45, 2.75) is 0 Å². The molecule has 4 aromatic rings. The van der Waals surface area contributed by atoms with E-state index in [0.29, 0.717) is 17.0 Å². The second kappa shape index (κ2) is 8.80. The number of nitrogens with zero attached hydrogens (tertiary/aromatic N) is 1. The van der Waals surface area contributed by atoms with Gasteiger partial charge in [-0.2, -0.15) is 0 Å². The summed E-state index contributed by atoms with van der Waals surface area (Å²) in [7, 11) is 1.61. The summed E-state index contributed by atoms with van der Waals surface area (Å²) in [6.07, 6.45) is 0. The fourth-order valence-corrected chi connectivity index (χ4v) is 3.67. The minimum atomic E-state index is -0.254. The number of methoxy groups -OCH3 is 1. The number of fused-ring (bicyclic) bond motifs is 1. The molecule has 0 aliphatic heterocycles. The number of benzene rings is 3. The lowest BCUT2D eigenvalue weighted by Crippen LogP contribution is -2.34. The van der Waals surface area contributed by atoms with Crippen LogP contribution in [-0.2, 0) is 0 Å². The molecule has 0 spiro atoms. The molecule has 0 atom stereocenters. The fraction of sp³-hybridized carbons (Fsp3) is 0.0455. The first-order valence-corrected chi connectivity index (χ1v) is 10.4. The van der Waals surface area contributed by atoms with Crippen LogP contribution in [0.2, 0.25) is 0 Å². The van der Waals surface area contributed by atoms with Crippen LogP contribution in [0, 0.1) is 3.57 Å². The molecule has 1 heterocycles. The third-order valence-corrected chi connectivity index (χ3v) is 5.47. The zero-order valence-corrected chi connectivity index (χ0v) is 18.8. The molecule has 0 saturated carbocycles. The Morgan fingerprint density at radius 1 is 1.10 bits per heavy atom. The summed E-state index contributed by atoms with van der Waals surface area (Å²) in [4.78, 5) is 16.9. The number of hydrogen-bond acceptors (Lipinski definition) is 5. The predicted octanol–water partition coefficient (Wildman–Crippen LogP) is 5.23. The summed E-state index contributed by atoms with van der Waals surface area (Å²) in [5, 5.41) is 5.93. The van der Waals surface area contributed by atoms with Crippen molar-refractivity contribution in [2.24, 2.45) is 0 Å². The van der Waals surface area contributed by atoms with Crippen molar-refractivity contribution >= 4 is 62.6 Å². The molecule has 0 aliphatic carbocycles. The highest BCUT2D eigenvalue weighted by Gasteiger charge is 2.12. The Bertz CT molecular complexity index is 1240. The van der Waals surface area contributed by atoms with Gasteiger partial charge in [0.1, 0.15) is 11.3 Å². The largest absolute Gasteiger partial charge is 0.497 e. The summed E-state index contributed by atoms with van der Waals surface area (Å²) in [6.45, 7) is 0. The number of amides is 1. The second-order valence-electron chi connectivity index (χ2n) is 6.32. The molecule has 150 valence electrons. The second-order valence-corrected chi connectivity index (χ2v) is 7.89. The summed E-state index contributed by atoms with van der Waals surface area (Å²) in [5.74, 6) is 0.984. The summed E-state index contributed by atoms with van der Waals surface area (Å²) >= 11 is 7.38. The Hall–Kier alpha value is -2.98. The number of anilines is 1. The molecule has 4 rings (SSSR count). The normalized spacial score (nSPS) is 10.6. The zero-order valence-electron chi connectivity index (χ0n) is 15.8. The van der Waals surface area contributed by atoms with Gasteiger partial charge in [-0.05, 0) is 83.3 Å². The van der Waals surface area contributed by atoms with Crippen LogP contribution in [0.4, 0.5) is 5.69 Å². The van der Waals surface area contributed by atoms with Gasteiger partial charge in [-0.3, -0.25) is 10.1 Å². The Balaban J connectivity index is 1.44. The lowest BCUT2D eigenvalue weighted by Gasteiger charge is -2.10. The van der Waals surface area contributed by atoms with E-state index in [1.807, 2.05) is 60.7 Å². The van der Waals surface area contributed by atoms with Gasteiger partial charge in [-0.25, -0.2) is 4.98 Å². The zero-order chi connectivity index (χ0) is 21.1. The number of carbonyl (C=O) groups excluding carboxylic acids is 1. The number of carbonyl (C=O) groups is 1. The quantitative estimate of drug-likeness (QED) is 0.279. The topological polar surface area (TPSA) is 76.4 Å². The number of hydrogen-bond donors (Lipinski definition) is 2. The monoisotopic (exact) mass is 529 g/mol. The molecule has 0 saturated heterocycles. The number of rotatable bonds is 4. The van der Waals surface area contributed by atoms with E-state index in [9.17, 15) is 4.79 Å². The summed E-state index contributed by atoms with van der Waals surface area (Å²) in [6, 6.07) is 20.2. The van der Waals surface area contributed by atoms with Crippen molar-refractivity contribution in [3.63, 3.8) is 0 Å². The van der Waals surface area contributed by atoms with Crippen molar-refractivity contribution in [3.8, 4) is 17.2 Å². The number of aromatic nitrogens is 1. The SMILES string of the molecule is COc1ccc2oc(-c3ccc(NC(=S)NC(=O)c4ccccc4I)cc3)nc2c1. The van der Waals surface area contributed by atoms with Crippen LogP contribution in [0.3, 0.4) is 0 Å². The highest BCUT2D eigenvalue weighted by Crippen LogP contribution is 2.27. The molecule has 1 amide bonds. The van der Waals surface area contributed by atoms with Crippen LogP contribution < -0.4 is 15.4 Å². The van der Waals surface area contributed by atoms with Crippen molar-refractivity contribution < 1.29 is 13.9 Å². The number of thiocarbonyl (C=S) groups is 1. The molecular formula is C22H16IN3O3S. The van der Waals surface area contributed by atoms with Crippen molar-refractivity contribution in [3.05, 3.63) is 75.9 Å². The highest BCUT2D eigenvalue weighted by atomic mass is 127. The molecule has 0 unspecified atom stereocenters. The van der Waals surface area contributed by atoms with Gasteiger partial charge in [0.05, 0.1) is 12.7 Å². The third kappa shape index (κ3) is 4.44. The van der Waals surface area contributed by atoms with E-state index in [0.717, 1.165) is 26.1 Å². The fourth-order valence-electron chi connectivity index (χ4n) is 2.83. The molecule has 8 heteroatoms. The molecule has 1 aromatic heterocycles. The Labute approximate surface area is 191 Å². The summed E-state index contributed by atoms with van der Waals surface area (Å²) < 4.78 is 11.9. The smallest absolute Gasteiger partial charge is 0.258 e. The van der Waals surface area contributed by atoms with E-state index >= 15 is 0 Å². The van der Waals surface area contributed by atoms with Crippen molar-refractivity contribution in [1.82, 2.24) is 10.3 Å². The Morgan fingerprint density at radius 3 is 2.60 bits per heavy atom. The first-order chi connectivity index (χ1) is 14.5. The predicted molar refractivity (Wildman–Crippen MR) is 129 cm³/mol. The van der Waals surface area contributed by atoms with Crippen LogP contribution in [0.5, 0.6) is 5.75 Å². The molecule has 2 N–H and O–H groups in total. The van der Waals surface area contributed by atoms with Gasteiger partial charge in [0.2, 0.25) is 5.89 Å². The minimum absolute atomic E-state index is 0.223. The van der Waals surface area contributed by atoms with Crippen LogP contribution in [0.25, 0.3) is 22.6 Å². The average Bonchev–Trinajstić information content (AvgIpc) is 3.17. The number of oxazole rings is 1. The standard InChI is InChI=1S/C22H16IN3O3S/c1-28-15-10-11-19-18(12-15)25-21(29-19)13-6-8-14(9-7-13)24-22(30)26-20(27)16-4-2-3-5-17(16)23/h2-12H,1H3,(H2,24,26,27,30). The molecule has 6 nitrogen and oxygen atoms in total. The van der Waals surface area contributed by atoms with Crippen LogP contribution in [0.1, 0.15) is 10.4 Å². The van der Waals surface area contributed by atoms with E-state index in [4.69, 9.17) is 21.4 Å². The van der Waals surface area contributed by atoms with Gasteiger partial charge >= 0.3 is 0 Å². The lowest BCUT2D eigenvalue weighted by atomic mass is 10.2. The van der Waals surface area contributed by atoms with E-state index < -0.39 is 0 Å². The molecule has 0 bridgehead atoms. The number of ether oxygens (including phenoxy) is 1.